The second-order valence-corrected chi connectivity index (χ2v) is 4.77. The van der Waals surface area contributed by atoms with Crippen LogP contribution in [-0.4, -0.2) is 9.91 Å². The molecule has 0 bridgehead atoms. The monoisotopic (exact) mass is 283 g/mol. The van der Waals surface area contributed by atoms with Gasteiger partial charge < -0.3 is 9.73 Å². The van der Waals surface area contributed by atoms with Crippen LogP contribution in [0.15, 0.2) is 46.9 Å². The molecule has 1 aromatic heterocycles. The van der Waals surface area contributed by atoms with Gasteiger partial charge in [-0.25, -0.2) is 0 Å². The fraction of sp³-hybridized carbons (Fsp3) is 0.133. The third-order valence-corrected chi connectivity index (χ3v) is 3.11. The van der Waals surface area contributed by atoms with Crippen LogP contribution in [0.5, 0.6) is 0 Å². The Balaban J connectivity index is 1.80. The molecule has 0 saturated heterocycles. The highest BCUT2D eigenvalue weighted by Gasteiger charge is 2.11. The summed E-state index contributed by atoms with van der Waals surface area (Å²) in [6, 6.07) is 12.8. The highest BCUT2D eigenvalue weighted by Crippen LogP contribution is 2.23. The maximum atomic E-state index is 10.7. The average Bonchev–Trinajstić information content (AvgIpc) is 2.87. The molecule has 6 heteroatoms. The molecular formula is C15H13N3O3. The summed E-state index contributed by atoms with van der Waals surface area (Å²) in [7, 11) is 0. The number of nitrogens with one attached hydrogen (secondary N) is 1. The zero-order chi connectivity index (χ0) is 14.8. The Labute approximate surface area is 120 Å². The molecule has 1 N–H and O–H groups in total. The SMILES string of the molecule is Cc1cccc(CNc2nc3ccc([N+](=O)[O-])cc3o2)c1. The molecule has 1 heterocycles. The van der Waals surface area contributed by atoms with E-state index in [-0.39, 0.29) is 5.69 Å². The molecule has 106 valence electrons. The van der Waals surface area contributed by atoms with Gasteiger partial charge in [0.15, 0.2) is 5.58 Å². The topological polar surface area (TPSA) is 81.2 Å². The van der Waals surface area contributed by atoms with E-state index >= 15 is 0 Å². The standard InChI is InChI=1S/C15H13N3O3/c1-10-3-2-4-11(7-10)9-16-15-17-13-6-5-12(18(19)20)8-14(13)21-15/h2-8H,9H2,1H3,(H,16,17). The second kappa shape index (κ2) is 5.24. The van der Waals surface area contributed by atoms with E-state index < -0.39 is 4.92 Å². The van der Waals surface area contributed by atoms with Crippen molar-refractivity contribution in [1.82, 2.24) is 4.98 Å². The molecule has 0 aliphatic heterocycles. The van der Waals surface area contributed by atoms with Crippen LogP contribution in [0.2, 0.25) is 0 Å². The van der Waals surface area contributed by atoms with Crippen LogP contribution in [-0.2, 0) is 6.54 Å². The third-order valence-electron chi connectivity index (χ3n) is 3.11. The molecule has 0 aliphatic rings. The number of nitrogens with zero attached hydrogens (tertiary/aromatic N) is 2. The summed E-state index contributed by atoms with van der Waals surface area (Å²) in [5.41, 5.74) is 3.28. The van der Waals surface area contributed by atoms with Crippen molar-refractivity contribution in [2.45, 2.75) is 13.5 Å². The Morgan fingerprint density at radius 3 is 2.90 bits per heavy atom. The predicted molar refractivity (Wildman–Crippen MR) is 79.2 cm³/mol. The average molecular weight is 283 g/mol. The van der Waals surface area contributed by atoms with Crippen molar-refractivity contribution in [3.63, 3.8) is 0 Å². The third kappa shape index (κ3) is 2.84. The molecule has 0 radical (unpaired) electrons. The molecule has 2 aromatic carbocycles. The molecule has 0 unspecified atom stereocenters. The van der Waals surface area contributed by atoms with Crippen molar-refractivity contribution < 1.29 is 9.34 Å². The molecule has 3 rings (SSSR count). The first kappa shape index (κ1) is 13.1. The Morgan fingerprint density at radius 1 is 1.29 bits per heavy atom. The van der Waals surface area contributed by atoms with Gasteiger partial charge >= 0.3 is 0 Å². The second-order valence-electron chi connectivity index (χ2n) is 4.77. The fourth-order valence-corrected chi connectivity index (χ4v) is 2.10. The van der Waals surface area contributed by atoms with Crippen LogP contribution in [0, 0.1) is 17.0 Å². The Hall–Kier alpha value is -2.89. The summed E-state index contributed by atoms with van der Waals surface area (Å²) in [5, 5.41) is 13.8. The number of hydrogen-bond acceptors (Lipinski definition) is 5. The highest BCUT2D eigenvalue weighted by atomic mass is 16.6. The van der Waals surface area contributed by atoms with Crippen molar-refractivity contribution in [3.8, 4) is 0 Å². The lowest BCUT2D eigenvalue weighted by Crippen LogP contribution is -1.99. The molecule has 0 aliphatic carbocycles. The van der Waals surface area contributed by atoms with Crippen LogP contribution in [0.1, 0.15) is 11.1 Å². The van der Waals surface area contributed by atoms with Crippen LogP contribution < -0.4 is 5.32 Å². The van der Waals surface area contributed by atoms with Gasteiger partial charge in [0.25, 0.3) is 11.7 Å². The molecule has 0 spiro atoms. The number of non-ortho nitro benzene ring substituents is 1. The van der Waals surface area contributed by atoms with Gasteiger partial charge in [-0.2, -0.15) is 4.98 Å². The molecule has 0 amide bonds. The van der Waals surface area contributed by atoms with Crippen LogP contribution in [0.4, 0.5) is 11.7 Å². The lowest BCUT2D eigenvalue weighted by atomic mass is 10.1. The van der Waals surface area contributed by atoms with E-state index in [0.717, 1.165) is 5.56 Å². The molecule has 0 saturated carbocycles. The number of fused-ring (bicyclic) bond motifs is 1. The van der Waals surface area contributed by atoms with Crippen molar-refractivity contribution in [2.24, 2.45) is 0 Å². The number of anilines is 1. The van der Waals surface area contributed by atoms with E-state index in [2.05, 4.69) is 16.4 Å². The van der Waals surface area contributed by atoms with Gasteiger partial charge in [-0.3, -0.25) is 10.1 Å². The van der Waals surface area contributed by atoms with Gasteiger partial charge in [0.2, 0.25) is 0 Å². The van der Waals surface area contributed by atoms with Crippen molar-refractivity contribution in [2.75, 3.05) is 5.32 Å². The number of oxazole rings is 1. The number of nitro benzene ring substituents is 1. The van der Waals surface area contributed by atoms with E-state index in [1.165, 1.54) is 17.7 Å². The summed E-state index contributed by atoms with van der Waals surface area (Å²) >= 11 is 0. The number of hydrogen-bond donors (Lipinski definition) is 1. The summed E-state index contributed by atoms with van der Waals surface area (Å²) in [6.45, 7) is 2.61. The van der Waals surface area contributed by atoms with Crippen LogP contribution in [0.25, 0.3) is 11.1 Å². The molecule has 21 heavy (non-hydrogen) atoms. The summed E-state index contributed by atoms with van der Waals surface area (Å²) < 4.78 is 5.48. The first-order valence-corrected chi connectivity index (χ1v) is 6.46. The number of aromatic nitrogens is 1. The van der Waals surface area contributed by atoms with Gasteiger partial charge in [0, 0.05) is 12.6 Å². The first-order valence-electron chi connectivity index (χ1n) is 6.46. The quantitative estimate of drug-likeness (QED) is 0.583. The summed E-state index contributed by atoms with van der Waals surface area (Å²) in [5.74, 6) is 0. The number of rotatable bonds is 4. The van der Waals surface area contributed by atoms with Gasteiger partial charge in [-0.1, -0.05) is 29.8 Å². The maximum absolute atomic E-state index is 10.7. The van der Waals surface area contributed by atoms with E-state index in [9.17, 15) is 10.1 Å². The Morgan fingerprint density at radius 2 is 2.14 bits per heavy atom. The van der Waals surface area contributed by atoms with Gasteiger partial charge in [-0.05, 0) is 18.6 Å². The van der Waals surface area contributed by atoms with E-state index in [1.807, 2.05) is 25.1 Å². The van der Waals surface area contributed by atoms with Crippen LogP contribution >= 0.6 is 0 Å². The lowest BCUT2D eigenvalue weighted by molar-refractivity contribution is -0.384. The lowest BCUT2D eigenvalue weighted by Gasteiger charge is -2.02. The fourth-order valence-electron chi connectivity index (χ4n) is 2.10. The molecule has 0 fully saturated rings. The zero-order valence-corrected chi connectivity index (χ0v) is 11.4. The van der Waals surface area contributed by atoms with Gasteiger partial charge in [0.05, 0.1) is 11.0 Å². The number of aryl methyl sites for hydroxylation is 1. The van der Waals surface area contributed by atoms with Crippen LogP contribution in [0.3, 0.4) is 0 Å². The number of benzene rings is 2. The largest absolute Gasteiger partial charge is 0.423 e. The number of nitro groups is 1. The minimum absolute atomic E-state index is 0.0103. The first-order chi connectivity index (χ1) is 10.1. The minimum atomic E-state index is -0.457. The smallest absolute Gasteiger partial charge is 0.295 e. The highest BCUT2D eigenvalue weighted by molar-refractivity contribution is 5.77. The van der Waals surface area contributed by atoms with E-state index in [4.69, 9.17) is 4.42 Å². The zero-order valence-electron chi connectivity index (χ0n) is 11.4. The van der Waals surface area contributed by atoms with E-state index in [0.29, 0.717) is 23.7 Å². The molecule has 0 atom stereocenters. The molecular weight excluding hydrogens is 270 g/mol. The minimum Gasteiger partial charge on any atom is -0.423 e. The summed E-state index contributed by atoms with van der Waals surface area (Å²) in [6.07, 6.45) is 0. The van der Waals surface area contributed by atoms with Crippen molar-refractivity contribution >= 4 is 22.8 Å². The Kier molecular flexibility index (Phi) is 3.27. The molecule has 3 aromatic rings. The normalized spacial score (nSPS) is 10.7. The van der Waals surface area contributed by atoms with Gasteiger partial charge in [-0.15, -0.1) is 0 Å². The van der Waals surface area contributed by atoms with E-state index in [1.54, 1.807) is 6.07 Å². The summed E-state index contributed by atoms with van der Waals surface area (Å²) in [4.78, 5) is 14.5. The maximum Gasteiger partial charge on any atom is 0.295 e. The van der Waals surface area contributed by atoms with Gasteiger partial charge in [0.1, 0.15) is 5.52 Å². The molecule has 6 nitrogen and oxygen atoms in total. The Bertz CT molecular complexity index is 811. The van der Waals surface area contributed by atoms with Crippen molar-refractivity contribution in [1.29, 1.82) is 0 Å². The van der Waals surface area contributed by atoms with Crippen molar-refractivity contribution in [3.05, 3.63) is 63.7 Å². The predicted octanol–water partition coefficient (Wildman–Crippen LogP) is 3.66.